The van der Waals surface area contributed by atoms with Crippen LogP contribution in [0.2, 0.25) is 0 Å². The van der Waals surface area contributed by atoms with Gasteiger partial charge in [0.25, 0.3) is 0 Å². The van der Waals surface area contributed by atoms with Crippen LogP contribution in [0.25, 0.3) is 0 Å². The molecule has 0 bridgehead atoms. The number of benzene rings is 1. The van der Waals surface area contributed by atoms with E-state index in [1.165, 1.54) is 0 Å². The topological polar surface area (TPSA) is 46.9 Å². The molecule has 0 fully saturated rings. The molecule has 0 saturated heterocycles. The number of carbonyl (C=O) groups is 1. The average molecular weight is 261 g/mol. The molecule has 2 aromatic rings. The molecule has 1 aromatic carbocycles. The lowest BCUT2D eigenvalue weighted by molar-refractivity contribution is -0.120. The molecule has 0 aliphatic rings. The van der Waals surface area contributed by atoms with E-state index in [1.54, 1.807) is 10.9 Å². The maximum absolute atomic E-state index is 11.7. The molecule has 0 aliphatic heterocycles. The molecule has 0 spiro atoms. The van der Waals surface area contributed by atoms with E-state index in [1.807, 2.05) is 37.5 Å². The van der Waals surface area contributed by atoms with Gasteiger partial charge in [0, 0.05) is 30.2 Å². The maximum atomic E-state index is 11.7. The fourth-order valence-corrected chi connectivity index (χ4v) is 1.77. The minimum Gasteiger partial charge on any atom is -0.352 e. The Morgan fingerprint density at radius 1 is 1.33 bits per heavy atom. The summed E-state index contributed by atoms with van der Waals surface area (Å²) < 4.78 is 1.72. The van der Waals surface area contributed by atoms with Gasteiger partial charge in [0.1, 0.15) is 0 Å². The zero-order valence-electron chi connectivity index (χ0n) is 10.1. The van der Waals surface area contributed by atoms with Crippen LogP contribution in [0.4, 0.5) is 0 Å². The van der Waals surface area contributed by atoms with Gasteiger partial charge in [-0.25, -0.2) is 0 Å². The monoisotopic (exact) mass is 261 g/mol. The van der Waals surface area contributed by atoms with Gasteiger partial charge in [0.2, 0.25) is 5.91 Å². The smallest absolute Gasteiger partial charge is 0.224 e. The second-order valence-corrected chi connectivity index (χ2v) is 4.66. The first kappa shape index (κ1) is 12.7. The highest BCUT2D eigenvalue weighted by atomic mass is 32.1. The van der Waals surface area contributed by atoms with Gasteiger partial charge in [-0.2, -0.15) is 5.10 Å². The largest absolute Gasteiger partial charge is 0.352 e. The number of aromatic nitrogens is 2. The van der Waals surface area contributed by atoms with Gasteiger partial charge < -0.3 is 5.32 Å². The molecular weight excluding hydrogens is 246 g/mol. The molecule has 0 radical (unpaired) electrons. The molecule has 1 N–H and O–H groups in total. The first-order valence-corrected chi connectivity index (χ1v) is 6.10. The highest BCUT2D eigenvalue weighted by Crippen LogP contribution is 2.08. The van der Waals surface area contributed by atoms with E-state index in [0.717, 1.165) is 16.0 Å². The van der Waals surface area contributed by atoms with Crippen molar-refractivity contribution in [2.24, 2.45) is 7.05 Å². The lowest BCUT2D eigenvalue weighted by atomic mass is 10.1. The molecule has 94 valence electrons. The van der Waals surface area contributed by atoms with Gasteiger partial charge >= 0.3 is 0 Å². The Hall–Kier alpha value is -1.75. The van der Waals surface area contributed by atoms with Gasteiger partial charge in [0.15, 0.2) is 0 Å². The van der Waals surface area contributed by atoms with E-state index in [2.05, 4.69) is 23.0 Å². The highest BCUT2D eigenvalue weighted by Gasteiger charge is 2.04. The summed E-state index contributed by atoms with van der Waals surface area (Å²) in [4.78, 5) is 12.6. The van der Waals surface area contributed by atoms with Crippen molar-refractivity contribution in [1.82, 2.24) is 15.1 Å². The zero-order valence-corrected chi connectivity index (χ0v) is 11.0. The van der Waals surface area contributed by atoms with Crippen LogP contribution >= 0.6 is 12.6 Å². The van der Waals surface area contributed by atoms with Crippen molar-refractivity contribution >= 4 is 18.5 Å². The third kappa shape index (κ3) is 3.63. The summed E-state index contributed by atoms with van der Waals surface area (Å²) >= 11 is 4.20. The molecular formula is C13H15N3OS. The first-order valence-electron chi connectivity index (χ1n) is 5.65. The molecule has 18 heavy (non-hydrogen) atoms. The Bertz CT molecular complexity index is 533. The lowest BCUT2D eigenvalue weighted by Crippen LogP contribution is -2.24. The van der Waals surface area contributed by atoms with Crippen molar-refractivity contribution in [2.45, 2.75) is 17.9 Å². The number of hydrogen-bond acceptors (Lipinski definition) is 3. The summed E-state index contributed by atoms with van der Waals surface area (Å²) in [5.74, 6) is 0.00534. The number of thiol groups is 1. The molecule has 1 amide bonds. The molecule has 1 aromatic heterocycles. The van der Waals surface area contributed by atoms with Crippen molar-refractivity contribution in [3.63, 3.8) is 0 Å². The summed E-state index contributed by atoms with van der Waals surface area (Å²) in [6, 6.07) is 7.58. The summed E-state index contributed by atoms with van der Waals surface area (Å²) in [5.41, 5.74) is 1.98. The number of carbonyl (C=O) groups excluding carboxylic acids is 1. The Kier molecular flexibility index (Phi) is 4.04. The minimum atomic E-state index is 0.00534. The molecule has 1 heterocycles. The number of amides is 1. The van der Waals surface area contributed by atoms with Crippen molar-refractivity contribution in [3.8, 4) is 0 Å². The van der Waals surface area contributed by atoms with Gasteiger partial charge in [0.05, 0.1) is 12.6 Å². The van der Waals surface area contributed by atoms with Crippen molar-refractivity contribution < 1.29 is 4.79 Å². The van der Waals surface area contributed by atoms with E-state index in [4.69, 9.17) is 0 Å². The maximum Gasteiger partial charge on any atom is 0.224 e. The molecule has 2 rings (SSSR count). The summed E-state index contributed by atoms with van der Waals surface area (Å²) in [6.07, 6.45) is 4.01. The average Bonchev–Trinajstić information content (AvgIpc) is 2.76. The van der Waals surface area contributed by atoms with E-state index < -0.39 is 0 Å². The molecule has 5 heteroatoms. The standard InChI is InChI=1S/C13H15N3OS/c1-16-9-11(8-15-16)7-14-13(17)6-10-2-4-12(18)5-3-10/h2-5,8-9,18H,6-7H2,1H3,(H,14,17). The molecule has 4 nitrogen and oxygen atoms in total. The number of hydrogen-bond donors (Lipinski definition) is 2. The van der Waals surface area contributed by atoms with Crippen LogP contribution in [0.15, 0.2) is 41.6 Å². The first-order chi connectivity index (χ1) is 8.63. The van der Waals surface area contributed by atoms with Crippen LogP contribution in [-0.4, -0.2) is 15.7 Å². The van der Waals surface area contributed by atoms with E-state index in [-0.39, 0.29) is 5.91 Å². The third-order valence-electron chi connectivity index (χ3n) is 2.55. The second-order valence-electron chi connectivity index (χ2n) is 4.14. The van der Waals surface area contributed by atoms with E-state index >= 15 is 0 Å². The third-order valence-corrected chi connectivity index (χ3v) is 2.85. The Balaban J connectivity index is 1.83. The molecule has 0 aliphatic carbocycles. The highest BCUT2D eigenvalue weighted by molar-refractivity contribution is 7.80. The summed E-state index contributed by atoms with van der Waals surface area (Å²) in [5, 5.41) is 6.91. The SMILES string of the molecule is Cn1cc(CNC(=O)Cc2ccc(S)cc2)cn1. The Labute approximate surface area is 111 Å². The van der Waals surface area contributed by atoms with Crippen molar-refractivity contribution in [2.75, 3.05) is 0 Å². The minimum absolute atomic E-state index is 0.00534. The predicted molar refractivity (Wildman–Crippen MR) is 72.5 cm³/mol. The van der Waals surface area contributed by atoms with Gasteiger partial charge in [-0.1, -0.05) is 12.1 Å². The summed E-state index contributed by atoms with van der Waals surface area (Å²) in [6.45, 7) is 0.511. The molecule has 0 atom stereocenters. The van der Waals surface area contributed by atoms with Crippen molar-refractivity contribution in [1.29, 1.82) is 0 Å². The number of nitrogens with one attached hydrogen (secondary N) is 1. The normalized spacial score (nSPS) is 10.3. The van der Waals surface area contributed by atoms with Crippen LogP contribution in [0.5, 0.6) is 0 Å². The number of nitrogens with zero attached hydrogens (tertiary/aromatic N) is 2. The van der Waals surface area contributed by atoms with Crippen LogP contribution in [-0.2, 0) is 24.8 Å². The van der Waals surface area contributed by atoms with Crippen LogP contribution in [0.1, 0.15) is 11.1 Å². The quantitative estimate of drug-likeness (QED) is 0.821. The fourth-order valence-electron chi connectivity index (χ4n) is 1.63. The Morgan fingerprint density at radius 3 is 2.67 bits per heavy atom. The van der Waals surface area contributed by atoms with Crippen molar-refractivity contribution in [3.05, 3.63) is 47.8 Å². The molecule has 0 unspecified atom stereocenters. The van der Waals surface area contributed by atoms with Crippen LogP contribution in [0, 0.1) is 0 Å². The zero-order chi connectivity index (χ0) is 13.0. The lowest BCUT2D eigenvalue weighted by Gasteiger charge is -2.04. The predicted octanol–water partition coefficient (Wildman–Crippen LogP) is 1.57. The van der Waals surface area contributed by atoms with Gasteiger partial charge in [-0.15, -0.1) is 12.6 Å². The number of rotatable bonds is 4. The molecule has 0 saturated carbocycles. The number of aryl methyl sites for hydroxylation is 1. The second kappa shape index (κ2) is 5.73. The summed E-state index contributed by atoms with van der Waals surface area (Å²) in [7, 11) is 1.85. The fraction of sp³-hybridized carbons (Fsp3) is 0.231. The van der Waals surface area contributed by atoms with Crippen LogP contribution < -0.4 is 5.32 Å². The Morgan fingerprint density at radius 2 is 2.06 bits per heavy atom. The van der Waals surface area contributed by atoms with E-state index in [9.17, 15) is 4.79 Å². The van der Waals surface area contributed by atoms with E-state index in [0.29, 0.717) is 13.0 Å². The van der Waals surface area contributed by atoms with Crippen LogP contribution in [0.3, 0.4) is 0 Å². The van der Waals surface area contributed by atoms with Gasteiger partial charge in [-0.05, 0) is 17.7 Å². The van der Waals surface area contributed by atoms with Gasteiger partial charge in [-0.3, -0.25) is 9.48 Å².